The highest BCUT2D eigenvalue weighted by Gasteiger charge is 2.42. The molecule has 172 valence electrons. The average molecular weight is 447 g/mol. The number of fused-ring (bicyclic) bond motifs is 2. The van der Waals surface area contributed by atoms with E-state index in [0.717, 1.165) is 44.6 Å². The first-order chi connectivity index (χ1) is 15.5. The molecular formula is C25H28F3NO3. The maximum absolute atomic E-state index is 13.3. The van der Waals surface area contributed by atoms with Gasteiger partial charge in [-0.1, -0.05) is 30.3 Å². The first-order valence-corrected chi connectivity index (χ1v) is 11.3. The van der Waals surface area contributed by atoms with E-state index < -0.39 is 11.7 Å². The molecule has 7 heteroatoms. The second-order valence-corrected chi connectivity index (χ2v) is 9.23. The fourth-order valence-corrected chi connectivity index (χ4v) is 4.69. The lowest BCUT2D eigenvalue weighted by atomic mass is 9.84. The van der Waals surface area contributed by atoms with E-state index in [4.69, 9.17) is 14.2 Å². The molecule has 4 nitrogen and oxygen atoms in total. The molecular weight excluding hydrogens is 419 g/mol. The van der Waals surface area contributed by atoms with Gasteiger partial charge >= 0.3 is 6.18 Å². The van der Waals surface area contributed by atoms with Gasteiger partial charge in [0.25, 0.3) is 0 Å². The van der Waals surface area contributed by atoms with E-state index in [1.165, 1.54) is 11.6 Å². The molecule has 2 aliphatic heterocycles. The summed E-state index contributed by atoms with van der Waals surface area (Å²) >= 11 is 0. The van der Waals surface area contributed by atoms with Crippen LogP contribution in [0.3, 0.4) is 0 Å². The van der Waals surface area contributed by atoms with Crippen LogP contribution in [0.1, 0.15) is 24.0 Å². The van der Waals surface area contributed by atoms with Crippen molar-refractivity contribution >= 4 is 0 Å². The molecule has 1 saturated carbocycles. The molecule has 5 rings (SSSR count). The van der Waals surface area contributed by atoms with Crippen molar-refractivity contribution in [3.8, 4) is 11.5 Å². The number of hydrogen-bond acceptors (Lipinski definition) is 4. The van der Waals surface area contributed by atoms with Crippen LogP contribution < -0.4 is 9.47 Å². The number of likely N-dealkylation sites (tertiary alicyclic amines) is 1. The normalized spacial score (nSPS) is 26.0. The highest BCUT2D eigenvalue weighted by molar-refractivity contribution is 5.44. The minimum atomic E-state index is -4.41. The molecule has 2 unspecified atom stereocenters. The van der Waals surface area contributed by atoms with Crippen LogP contribution in [-0.2, 0) is 17.5 Å². The molecule has 0 spiro atoms. The van der Waals surface area contributed by atoms with Gasteiger partial charge in [-0.15, -0.1) is 0 Å². The Morgan fingerprint density at radius 3 is 2.31 bits per heavy atom. The number of alkyl halides is 3. The summed E-state index contributed by atoms with van der Waals surface area (Å²) in [5, 5.41) is 0. The van der Waals surface area contributed by atoms with E-state index in [2.05, 4.69) is 17.0 Å². The molecule has 2 aromatic rings. The monoisotopic (exact) mass is 447 g/mol. The van der Waals surface area contributed by atoms with Crippen LogP contribution in [0.5, 0.6) is 11.5 Å². The summed E-state index contributed by atoms with van der Waals surface area (Å²) < 4.78 is 57.7. The molecule has 3 fully saturated rings. The van der Waals surface area contributed by atoms with Crippen LogP contribution in [0.15, 0.2) is 48.5 Å². The number of ether oxygens (including phenoxy) is 3. The van der Waals surface area contributed by atoms with Gasteiger partial charge in [-0.3, -0.25) is 4.90 Å². The SMILES string of the molecule is FC(F)(F)c1ccc(OC2C3COC[C@H]2CN(Cc2ccccc2)C3)c(OCC2CC2)c1. The van der Waals surface area contributed by atoms with Crippen LogP contribution >= 0.6 is 0 Å². The molecule has 2 heterocycles. The summed E-state index contributed by atoms with van der Waals surface area (Å²) in [6, 6.07) is 13.9. The number of piperidine rings is 1. The summed E-state index contributed by atoms with van der Waals surface area (Å²) in [6.45, 7) is 4.14. The van der Waals surface area contributed by atoms with E-state index >= 15 is 0 Å². The average Bonchev–Trinajstić information content (AvgIpc) is 3.58. The third-order valence-electron chi connectivity index (χ3n) is 6.53. The number of hydrogen-bond donors (Lipinski definition) is 0. The summed E-state index contributed by atoms with van der Waals surface area (Å²) in [6.07, 6.45) is -2.38. The Kier molecular flexibility index (Phi) is 6.03. The highest BCUT2D eigenvalue weighted by Crippen LogP contribution is 2.40. The number of halogens is 3. The topological polar surface area (TPSA) is 30.9 Å². The van der Waals surface area contributed by atoms with Crippen LogP contribution in [0.2, 0.25) is 0 Å². The Morgan fingerprint density at radius 2 is 1.66 bits per heavy atom. The van der Waals surface area contributed by atoms with E-state index in [-0.39, 0.29) is 23.7 Å². The van der Waals surface area contributed by atoms with Crippen molar-refractivity contribution in [2.24, 2.45) is 17.8 Å². The lowest BCUT2D eigenvalue weighted by Gasteiger charge is -2.46. The molecule has 2 saturated heterocycles. The van der Waals surface area contributed by atoms with Crippen molar-refractivity contribution < 1.29 is 27.4 Å². The number of nitrogens with zero attached hydrogens (tertiary/aromatic N) is 1. The molecule has 3 aliphatic rings. The number of rotatable bonds is 7. The molecule has 2 aromatic carbocycles. The molecule has 1 aliphatic carbocycles. The predicted molar refractivity (Wildman–Crippen MR) is 114 cm³/mol. The summed E-state index contributed by atoms with van der Waals surface area (Å²) in [5.74, 6) is 1.34. The maximum Gasteiger partial charge on any atom is 0.416 e. The fourth-order valence-electron chi connectivity index (χ4n) is 4.69. The molecule has 0 radical (unpaired) electrons. The lowest BCUT2D eigenvalue weighted by Crippen LogP contribution is -2.57. The van der Waals surface area contributed by atoms with Crippen molar-refractivity contribution in [3.05, 3.63) is 59.7 Å². The molecule has 2 bridgehead atoms. The predicted octanol–water partition coefficient (Wildman–Crippen LogP) is 5.02. The van der Waals surface area contributed by atoms with Crippen molar-refractivity contribution in [2.45, 2.75) is 31.7 Å². The van der Waals surface area contributed by atoms with Gasteiger partial charge in [0, 0.05) is 31.5 Å². The van der Waals surface area contributed by atoms with E-state index in [1.54, 1.807) is 0 Å². The molecule has 0 amide bonds. The van der Waals surface area contributed by atoms with Crippen LogP contribution in [-0.4, -0.2) is 43.9 Å². The summed E-state index contributed by atoms with van der Waals surface area (Å²) in [4.78, 5) is 2.42. The first kappa shape index (κ1) is 21.6. The van der Waals surface area contributed by atoms with Gasteiger partial charge in [0.05, 0.1) is 25.4 Å². The van der Waals surface area contributed by atoms with Gasteiger partial charge in [-0.25, -0.2) is 0 Å². The van der Waals surface area contributed by atoms with Crippen LogP contribution in [0, 0.1) is 17.8 Å². The van der Waals surface area contributed by atoms with Crippen LogP contribution in [0.25, 0.3) is 0 Å². The van der Waals surface area contributed by atoms with E-state index in [1.807, 2.05) is 18.2 Å². The second kappa shape index (κ2) is 8.94. The summed E-state index contributed by atoms with van der Waals surface area (Å²) in [7, 11) is 0. The third kappa shape index (κ3) is 5.04. The zero-order chi connectivity index (χ0) is 22.1. The van der Waals surface area contributed by atoms with Crippen molar-refractivity contribution in [3.63, 3.8) is 0 Å². The molecule has 0 aromatic heterocycles. The lowest BCUT2D eigenvalue weighted by molar-refractivity contribution is -0.137. The maximum atomic E-state index is 13.3. The van der Waals surface area contributed by atoms with Gasteiger partial charge in [-0.2, -0.15) is 13.2 Å². The Bertz CT molecular complexity index is 902. The summed E-state index contributed by atoms with van der Waals surface area (Å²) in [5.41, 5.74) is 0.557. The van der Waals surface area contributed by atoms with Crippen molar-refractivity contribution in [1.29, 1.82) is 0 Å². The fraction of sp³-hybridized carbons (Fsp3) is 0.520. The Balaban J connectivity index is 1.31. The van der Waals surface area contributed by atoms with Gasteiger partial charge < -0.3 is 14.2 Å². The molecule has 0 N–H and O–H groups in total. The minimum absolute atomic E-state index is 0.101. The van der Waals surface area contributed by atoms with Gasteiger partial charge in [0.15, 0.2) is 11.5 Å². The Labute approximate surface area is 186 Å². The van der Waals surface area contributed by atoms with Gasteiger partial charge in [0.1, 0.15) is 6.10 Å². The zero-order valence-corrected chi connectivity index (χ0v) is 17.9. The van der Waals surface area contributed by atoms with Crippen molar-refractivity contribution in [2.75, 3.05) is 32.9 Å². The zero-order valence-electron chi connectivity index (χ0n) is 17.9. The van der Waals surface area contributed by atoms with Gasteiger partial charge in [0.2, 0.25) is 0 Å². The van der Waals surface area contributed by atoms with E-state index in [0.29, 0.717) is 31.5 Å². The second-order valence-electron chi connectivity index (χ2n) is 9.23. The Morgan fingerprint density at radius 1 is 0.938 bits per heavy atom. The van der Waals surface area contributed by atoms with Gasteiger partial charge in [-0.05, 0) is 42.5 Å². The van der Waals surface area contributed by atoms with Crippen molar-refractivity contribution in [1.82, 2.24) is 4.90 Å². The minimum Gasteiger partial charge on any atom is -0.489 e. The highest BCUT2D eigenvalue weighted by atomic mass is 19.4. The quantitative estimate of drug-likeness (QED) is 0.597. The first-order valence-electron chi connectivity index (χ1n) is 11.3. The number of benzene rings is 2. The molecule has 32 heavy (non-hydrogen) atoms. The molecule has 3 atom stereocenters. The van der Waals surface area contributed by atoms with Crippen LogP contribution in [0.4, 0.5) is 13.2 Å². The Hall–Kier alpha value is -2.25. The smallest absolute Gasteiger partial charge is 0.416 e. The third-order valence-corrected chi connectivity index (χ3v) is 6.53. The van der Waals surface area contributed by atoms with E-state index in [9.17, 15) is 13.2 Å². The largest absolute Gasteiger partial charge is 0.489 e. The standard InChI is InChI=1S/C25H28F3NO3/c26-25(27,28)21-8-9-22(23(10-21)31-14-18-6-7-18)32-24-19-12-29(13-20(24)16-30-15-19)11-17-4-2-1-3-5-17/h1-5,8-10,18-20,24H,6-7,11-16H2/t19-,20?,24?/m1/s1.